The average molecular weight is 179 g/mol. The standard InChI is InChI=1S/C10H13NO2/c1-2-3-6-10(12)11-8-9-5-4-7-13-9/h2-5,7H,6,8H2,1H3,(H,11,12)/b3-2-. The second-order valence-electron chi connectivity index (χ2n) is 2.63. The van der Waals surface area contributed by atoms with E-state index in [2.05, 4.69) is 5.32 Å². The first-order valence-corrected chi connectivity index (χ1v) is 4.23. The minimum atomic E-state index is 0.00880. The lowest BCUT2D eigenvalue weighted by molar-refractivity contribution is -0.120. The SMILES string of the molecule is C/C=C\CC(=O)NCc1ccco1. The second kappa shape index (κ2) is 5.19. The number of hydrogen-bond donors (Lipinski definition) is 1. The van der Waals surface area contributed by atoms with Gasteiger partial charge in [0.25, 0.3) is 0 Å². The van der Waals surface area contributed by atoms with Crippen molar-refractivity contribution in [1.82, 2.24) is 5.32 Å². The summed E-state index contributed by atoms with van der Waals surface area (Å²) < 4.78 is 5.06. The summed E-state index contributed by atoms with van der Waals surface area (Å²) in [7, 11) is 0. The van der Waals surface area contributed by atoms with E-state index >= 15 is 0 Å². The molecule has 0 aliphatic rings. The van der Waals surface area contributed by atoms with E-state index < -0.39 is 0 Å². The third-order valence-corrected chi connectivity index (χ3v) is 1.58. The highest BCUT2D eigenvalue weighted by Gasteiger charge is 1.99. The molecule has 1 heterocycles. The minimum Gasteiger partial charge on any atom is -0.467 e. The lowest BCUT2D eigenvalue weighted by Crippen LogP contribution is -2.21. The maximum atomic E-state index is 11.1. The minimum absolute atomic E-state index is 0.00880. The molecule has 0 unspecified atom stereocenters. The van der Waals surface area contributed by atoms with Crippen molar-refractivity contribution in [3.8, 4) is 0 Å². The Kier molecular flexibility index (Phi) is 3.82. The van der Waals surface area contributed by atoms with Crippen molar-refractivity contribution in [2.45, 2.75) is 19.9 Å². The van der Waals surface area contributed by atoms with E-state index in [1.807, 2.05) is 25.1 Å². The molecule has 0 saturated heterocycles. The van der Waals surface area contributed by atoms with Crippen LogP contribution in [0.15, 0.2) is 35.0 Å². The summed E-state index contributed by atoms with van der Waals surface area (Å²) in [5, 5.41) is 2.74. The predicted molar refractivity (Wildman–Crippen MR) is 50.0 cm³/mol. The molecule has 0 bridgehead atoms. The van der Waals surface area contributed by atoms with E-state index in [-0.39, 0.29) is 5.91 Å². The number of amides is 1. The molecular weight excluding hydrogens is 166 g/mol. The normalized spacial score (nSPS) is 10.5. The lowest BCUT2D eigenvalue weighted by atomic mass is 10.3. The van der Waals surface area contributed by atoms with E-state index in [1.165, 1.54) is 0 Å². The van der Waals surface area contributed by atoms with Crippen LogP contribution >= 0.6 is 0 Å². The Morgan fingerprint density at radius 2 is 2.54 bits per heavy atom. The predicted octanol–water partition coefficient (Wildman–Crippen LogP) is 1.86. The monoisotopic (exact) mass is 179 g/mol. The fraction of sp³-hybridized carbons (Fsp3) is 0.300. The van der Waals surface area contributed by atoms with Crippen LogP contribution in [0.3, 0.4) is 0 Å². The van der Waals surface area contributed by atoms with Gasteiger partial charge in [0, 0.05) is 6.42 Å². The summed E-state index contributed by atoms with van der Waals surface area (Å²) in [5.74, 6) is 0.781. The molecule has 1 aromatic heterocycles. The van der Waals surface area contributed by atoms with Gasteiger partial charge in [-0.15, -0.1) is 0 Å². The highest BCUT2D eigenvalue weighted by Crippen LogP contribution is 1.98. The van der Waals surface area contributed by atoms with Crippen molar-refractivity contribution in [1.29, 1.82) is 0 Å². The van der Waals surface area contributed by atoms with Gasteiger partial charge in [0.2, 0.25) is 5.91 Å². The summed E-state index contributed by atoms with van der Waals surface area (Å²) >= 11 is 0. The molecule has 0 aliphatic heterocycles. The van der Waals surface area contributed by atoms with Crippen molar-refractivity contribution < 1.29 is 9.21 Å². The molecule has 3 heteroatoms. The number of furan rings is 1. The summed E-state index contributed by atoms with van der Waals surface area (Å²) in [6, 6.07) is 3.63. The molecule has 0 saturated carbocycles. The van der Waals surface area contributed by atoms with E-state index in [1.54, 1.807) is 12.3 Å². The van der Waals surface area contributed by atoms with E-state index in [0.29, 0.717) is 13.0 Å². The molecule has 1 rings (SSSR count). The first-order chi connectivity index (χ1) is 6.33. The Labute approximate surface area is 77.4 Å². The Balaban J connectivity index is 2.23. The van der Waals surface area contributed by atoms with Gasteiger partial charge in [-0.05, 0) is 19.1 Å². The van der Waals surface area contributed by atoms with Gasteiger partial charge in [-0.2, -0.15) is 0 Å². The van der Waals surface area contributed by atoms with Crippen LogP contribution in [0.5, 0.6) is 0 Å². The Morgan fingerprint density at radius 3 is 3.15 bits per heavy atom. The Bertz CT molecular complexity index is 275. The summed E-state index contributed by atoms with van der Waals surface area (Å²) in [6.07, 6.45) is 5.69. The first-order valence-electron chi connectivity index (χ1n) is 4.23. The van der Waals surface area contributed by atoms with Crippen LogP contribution in [0.4, 0.5) is 0 Å². The van der Waals surface area contributed by atoms with Crippen LogP contribution in [0, 0.1) is 0 Å². The molecule has 0 aromatic carbocycles. The van der Waals surface area contributed by atoms with Crippen LogP contribution in [0.1, 0.15) is 19.1 Å². The molecule has 0 aliphatic carbocycles. The highest BCUT2D eigenvalue weighted by atomic mass is 16.3. The molecule has 0 atom stereocenters. The fourth-order valence-electron chi connectivity index (χ4n) is 0.896. The quantitative estimate of drug-likeness (QED) is 0.717. The van der Waals surface area contributed by atoms with Gasteiger partial charge in [-0.3, -0.25) is 4.79 Å². The van der Waals surface area contributed by atoms with Gasteiger partial charge in [0.15, 0.2) is 0 Å². The molecule has 1 N–H and O–H groups in total. The lowest BCUT2D eigenvalue weighted by Gasteiger charge is -1.99. The number of allylic oxidation sites excluding steroid dienone is 1. The second-order valence-corrected chi connectivity index (χ2v) is 2.63. The summed E-state index contributed by atoms with van der Waals surface area (Å²) in [6.45, 7) is 2.35. The third kappa shape index (κ3) is 3.60. The van der Waals surface area contributed by atoms with Crippen LogP contribution < -0.4 is 5.32 Å². The average Bonchev–Trinajstić information content (AvgIpc) is 2.64. The molecule has 1 aromatic rings. The van der Waals surface area contributed by atoms with E-state index in [0.717, 1.165) is 5.76 Å². The van der Waals surface area contributed by atoms with Crippen molar-refractivity contribution in [3.63, 3.8) is 0 Å². The smallest absolute Gasteiger partial charge is 0.224 e. The maximum Gasteiger partial charge on any atom is 0.224 e. The zero-order valence-corrected chi connectivity index (χ0v) is 7.62. The number of rotatable bonds is 4. The van der Waals surface area contributed by atoms with E-state index in [9.17, 15) is 4.79 Å². The molecule has 0 radical (unpaired) electrons. The summed E-state index contributed by atoms with van der Waals surface area (Å²) in [5.41, 5.74) is 0. The molecule has 0 fully saturated rings. The van der Waals surface area contributed by atoms with Crippen LogP contribution in [-0.2, 0) is 11.3 Å². The van der Waals surface area contributed by atoms with Gasteiger partial charge in [0.1, 0.15) is 5.76 Å². The molecule has 13 heavy (non-hydrogen) atoms. The van der Waals surface area contributed by atoms with Crippen molar-refractivity contribution in [3.05, 3.63) is 36.3 Å². The molecule has 70 valence electrons. The zero-order chi connectivity index (χ0) is 9.52. The third-order valence-electron chi connectivity index (χ3n) is 1.58. The number of carbonyl (C=O) groups is 1. The van der Waals surface area contributed by atoms with E-state index in [4.69, 9.17) is 4.42 Å². The van der Waals surface area contributed by atoms with Gasteiger partial charge in [-0.25, -0.2) is 0 Å². The molecule has 0 spiro atoms. The zero-order valence-electron chi connectivity index (χ0n) is 7.62. The van der Waals surface area contributed by atoms with Crippen LogP contribution in [0.25, 0.3) is 0 Å². The van der Waals surface area contributed by atoms with Gasteiger partial charge < -0.3 is 9.73 Å². The molecule has 3 nitrogen and oxygen atoms in total. The Morgan fingerprint density at radius 1 is 1.69 bits per heavy atom. The summed E-state index contributed by atoms with van der Waals surface area (Å²) in [4.78, 5) is 11.1. The van der Waals surface area contributed by atoms with Gasteiger partial charge in [-0.1, -0.05) is 12.2 Å². The fourth-order valence-corrected chi connectivity index (χ4v) is 0.896. The van der Waals surface area contributed by atoms with Gasteiger partial charge in [0.05, 0.1) is 12.8 Å². The number of carbonyl (C=O) groups excluding carboxylic acids is 1. The van der Waals surface area contributed by atoms with Crippen molar-refractivity contribution in [2.75, 3.05) is 0 Å². The molecule has 1 amide bonds. The highest BCUT2D eigenvalue weighted by molar-refractivity contribution is 5.77. The molecular formula is C10H13NO2. The topological polar surface area (TPSA) is 42.2 Å². The van der Waals surface area contributed by atoms with Gasteiger partial charge >= 0.3 is 0 Å². The first kappa shape index (κ1) is 9.58. The maximum absolute atomic E-state index is 11.1. The number of nitrogens with one attached hydrogen (secondary N) is 1. The Hall–Kier alpha value is -1.51. The van der Waals surface area contributed by atoms with Crippen LogP contribution in [0.2, 0.25) is 0 Å². The van der Waals surface area contributed by atoms with Crippen molar-refractivity contribution in [2.24, 2.45) is 0 Å². The van der Waals surface area contributed by atoms with Crippen molar-refractivity contribution >= 4 is 5.91 Å². The van der Waals surface area contributed by atoms with Crippen LogP contribution in [-0.4, -0.2) is 5.91 Å². The largest absolute Gasteiger partial charge is 0.467 e. The number of hydrogen-bond acceptors (Lipinski definition) is 2.